The lowest BCUT2D eigenvalue weighted by atomic mass is 9.98. The molecule has 0 unspecified atom stereocenters. The Morgan fingerprint density at radius 3 is 2.74 bits per heavy atom. The van der Waals surface area contributed by atoms with Crippen LogP contribution in [0.15, 0.2) is 53.2 Å². The molecule has 0 fully saturated rings. The van der Waals surface area contributed by atoms with Crippen LogP contribution in [0.25, 0.3) is 22.2 Å². The second kappa shape index (κ2) is 9.62. The van der Waals surface area contributed by atoms with Crippen molar-refractivity contribution in [2.24, 2.45) is 0 Å². The lowest BCUT2D eigenvalue weighted by Gasteiger charge is -2.19. The maximum Gasteiger partial charge on any atom is 0.337 e. The summed E-state index contributed by atoms with van der Waals surface area (Å²) in [5.41, 5.74) is 6.07. The highest BCUT2D eigenvalue weighted by molar-refractivity contribution is 7.08. The first-order valence-electron chi connectivity index (χ1n) is 11.2. The van der Waals surface area contributed by atoms with Crippen LogP contribution in [-0.4, -0.2) is 30.9 Å². The van der Waals surface area contributed by atoms with Gasteiger partial charge in [-0.3, -0.25) is 0 Å². The molecule has 0 spiro atoms. The molecule has 4 aromatic rings. The van der Waals surface area contributed by atoms with E-state index in [1.807, 2.05) is 24.3 Å². The molecule has 0 amide bonds. The van der Waals surface area contributed by atoms with E-state index in [2.05, 4.69) is 33.5 Å². The molecular weight excluding hydrogens is 448 g/mol. The van der Waals surface area contributed by atoms with Crippen molar-refractivity contribution in [3.63, 3.8) is 0 Å². The minimum Gasteiger partial charge on any atom is -0.486 e. The second-order valence-corrected chi connectivity index (χ2v) is 8.88. The fourth-order valence-corrected chi connectivity index (χ4v) is 5.20. The highest BCUT2D eigenvalue weighted by Gasteiger charge is 2.21. The van der Waals surface area contributed by atoms with E-state index < -0.39 is 0 Å². The third-order valence-corrected chi connectivity index (χ3v) is 6.78. The first-order valence-corrected chi connectivity index (χ1v) is 12.2. The number of esters is 1. The number of methoxy groups -OCH3 is 1. The molecule has 0 N–H and O–H groups in total. The number of carbonyl (C=O) groups excluding carboxylic acids is 1. The van der Waals surface area contributed by atoms with Gasteiger partial charge < -0.3 is 18.8 Å². The van der Waals surface area contributed by atoms with E-state index in [0.29, 0.717) is 31.7 Å². The number of hydrogen-bond donors (Lipinski definition) is 0. The van der Waals surface area contributed by atoms with Crippen LogP contribution in [0, 0.1) is 11.3 Å². The molecule has 1 aliphatic rings. The molecule has 7 heteroatoms. The minimum absolute atomic E-state index is 0.360. The van der Waals surface area contributed by atoms with Crippen molar-refractivity contribution in [2.45, 2.75) is 25.8 Å². The lowest BCUT2D eigenvalue weighted by Crippen LogP contribution is -2.15. The number of fused-ring (bicyclic) bond motifs is 2. The van der Waals surface area contributed by atoms with Gasteiger partial charge in [0, 0.05) is 28.4 Å². The van der Waals surface area contributed by atoms with Gasteiger partial charge in [0.05, 0.1) is 30.9 Å². The van der Waals surface area contributed by atoms with Crippen molar-refractivity contribution in [1.82, 2.24) is 4.57 Å². The Hall–Kier alpha value is -3.76. The number of aryl methyl sites for hydroxylation is 3. The van der Waals surface area contributed by atoms with Crippen LogP contribution in [0.4, 0.5) is 0 Å². The van der Waals surface area contributed by atoms with E-state index in [1.54, 1.807) is 17.4 Å². The smallest absolute Gasteiger partial charge is 0.337 e. The molecule has 0 saturated carbocycles. The molecule has 0 aliphatic carbocycles. The molecular formula is C27H24N2O4S. The summed E-state index contributed by atoms with van der Waals surface area (Å²) in [5, 5.41) is 14.5. The van der Waals surface area contributed by atoms with E-state index >= 15 is 0 Å². The van der Waals surface area contributed by atoms with Crippen LogP contribution in [0.3, 0.4) is 0 Å². The molecule has 0 bridgehead atoms. The summed E-state index contributed by atoms with van der Waals surface area (Å²) in [7, 11) is 1.39. The lowest BCUT2D eigenvalue weighted by molar-refractivity contribution is 0.0601. The quantitative estimate of drug-likeness (QED) is 0.326. The van der Waals surface area contributed by atoms with Gasteiger partial charge in [-0.1, -0.05) is 6.07 Å². The van der Waals surface area contributed by atoms with Crippen molar-refractivity contribution in [3.05, 3.63) is 69.9 Å². The van der Waals surface area contributed by atoms with Gasteiger partial charge in [0.2, 0.25) is 0 Å². The largest absolute Gasteiger partial charge is 0.486 e. The Morgan fingerprint density at radius 2 is 1.97 bits per heavy atom. The molecule has 0 saturated heterocycles. The van der Waals surface area contributed by atoms with Gasteiger partial charge in [-0.2, -0.15) is 16.6 Å². The van der Waals surface area contributed by atoms with Gasteiger partial charge in [0.15, 0.2) is 11.5 Å². The molecule has 34 heavy (non-hydrogen) atoms. The summed E-state index contributed by atoms with van der Waals surface area (Å²) >= 11 is 1.64. The number of ether oxygens (including phenoxy) is 3. The highest BCUT2D eigenvalue weighted by atomic mass is 32.1. The number of nitrogens with zero attached hydrogens (tertiary/aromatic N) is 2. The normalized spacial score (nSPS) is 12.5. The number of nitriles is 1. The second-order valence-electron chi connectivity index (χ2n) is 8.10. The zero-order valence-corrected chi connectivity index (χ0v) is 19.7. The highest BCUT2D eigenvalue weighted by Crippen LogP contribution is 2.37. The van der Waals surface area contributed by atoms with Crippen LogP contribution in [0.1, 0.15) is 27.9 Å². The Balaban J connectivity index is 1.61. The van der Waals surface area contributed by atoms with Crippen molar-refractivity contribution in [1.29, 1.82) is 5.26 Å². The number of carbonyl (C=O) groups is 1. The van der Waals surface area contributed by atoms with Crippen molar-refractivity contribution in [3.8, 4) is 28.8 Å². The first-order chi connectivity index (χ1) is 16.7. The van der Waals surface area contributed by atoms with Crippen LogP contribution in [-0.2, 0) is 24.1 Å². The molecule has 5 rings (SSSR count). The van der Waals surface area contributed by atoms with Crippen molar-refractivity contribution < 1.29 is 19.0 Å². The summed E-state index contributed by atoms with van der Waals surface area (Å²) in [5.74, 6) is 1.21. The maximum absolute atomic E-state index is 12.3. The van der Waals surface area contributed by atoms with E-state index in [0.717, 1.165) is 57.6 Å². The predicted molar refractivity (Wildman–Crippen MR) is 132 cm³/mol. The first kappa shape index (κ1) is 22.1. The summed E-state index contributed by atoms with van der Waals surface area (Å²) in [6, 6.07) is 16.1. The van der Waals surface area contributed by atoms with E-state index in [1.165, 1.54) is 7.11 Å². The monoisotopic (exact) mass is 472 g/mol. The molecule has 0 atom stereocenters. The summed E-state index contributed by atoms with van der Waals surface area (Å²) < 4.78 is 18.6. The summed E-state index contributed by atoms with van der Waals surface area (Å²) in [6.07, 6.45) is 1.97. The third-order valence-electron chi connectivity index (χ3n) is 6.10. The fourth-order valence-electron chi connectivity index (χ4n) is 4.56. The summed E-state index contributed by atoms with van der Waals surface area (Å²) in [6.45, 7) is 1.71. The fraction of sp³-hybridized carbons (Fsp3) is 0.259. The SMILES string of the molecule is COC(=O)c1ccc2c(c1)c(CCc1ccc3c(c1)OCCO3)c(-c1ccsc1)n2CCC#N. The minimum atomic E-state index is -0.360. The van der Waals surface area contributed by atoms with Gasteiger partial charge in [-0.25, -0.2) is 4.79 Å². The number of rotatable bonds is 7. The van der Waals surface area contributed by atoms with Crippen LogP contribution in [0.2, 0.25) is 0 Å². The number of aromatic nitrogens is 1. The van der Waals surface area contributed by atoms with Gasteiger partial charge in [0.1, 0.15) is 13.2 Å². The Kier molecular flexibility index (Phi) is 6.24. The molecule has 1 aliphatic heterocycles. The van der Waals surface area contributed by atoms with Crippen LogP contribution in [0.5, 0.6) is 11.5 Å². The molecule has 172 valence electrons. The zero-order chi connectivity index (χ0) is 23.5. The molecule has 6 nitrogen and oxygen atoms in total. The molecule has 2 aromatic carbocycles. The topological polar surface area (TPSA) is 73.5 Å². The number of hydrogen-bond acceptors (Lipinski definition) is 6. The Morgan fingerprint density at radius 1 is 1.12 bits per heavy atom. The van der Waals surface area contributed by atoms with Crippen LogP contribution >= 0.6 is 11.3 Å². The Labute approximate surface area is 201 Å². The van der Waals surface area contributed by atoms with Crippen LogP contribution < -0.4 is 9.47 Å². The molecule has 0 radical (unpaired) electrons. The third kappa shape index (κ3) is 4.13. The predicted octanol–water partition coefficient (Wildman–Crippen LogP) is 5.63. The van der Waals surface area contributed by atoms with Gasteiger partial charge in [-0.05, 0) is 65.7 Å². The number of thiophene rings is 1. The van der Waals surface area contributed by atoms with E-state index in [9.17, 15) is 10.1 Å². The summed E-state index contributed by atoms with van der Waals surface area (Å²) in [4.78, 5) is 12.3. The molecule has 3 heterocycles. The Bertz CT molecular complexity index is 1380. The van der Waals surface area contributed by atoms with Crippen molar-refractivity contribution >= 4 is 28.2 Å². The van der Waals surface area contributed by atoms with Gasteiger partial charge >= 0.3 is 5.97 Å². The maximum atomic E-state index is 12.3. The van der Waals surface area contributed by atoms with E-state index in [4.69, 9.17) is 14.2 Å². The average molecular weight is 473 g/mol. The standard InChI is InChI=1S/C27H24N2O4S/c1-31-27(30)19-5-7-23-22(16-19)21(26(20-9-14-34-17-20)29(23)11-2-10-28)6-3-18-4-8-24-25(15-18)33-13-12-32-24/h4-5,7-9,14-17H,2-3,6,11-13H2,1H3. The molecule has 2 aromatic heterocycles. The van der Waals surface area contributed by atoms with Gasteiger partial charge in [0.25, 0.3) is 0 Å². The van der Waals surface area contributed by atoms with E-state index in [-0.39, 0.29) is 5.97 Å². The van der Waals surface area contributed by atoms with Gasteiger partial charge in [-0.15, -0.1) is 0 Å². The zero-order valence-electron chi connectivity index (χ0n) is 18.9. The average Bonchev–Trinajstić information content (AvgIpc) is 3.51. The number of benzene rings is 2. The van der Waals surface area contributed by atoms with Crippen molar-refractivity contribution in [2.75, 3.05) is 20.3 Å².